The molecule has 0 spiro atoms. The second-order valence-electron chi connectivity index (χ2n) is 6.77. The van der Waals surface area contributed by atoms with E-state index in [1.165, 1.54) is 58.3 Å². The molecule has 0 saturated carbocycles. The fraction of sp³-hybridized carbons (Fsp3) is 1.00. The van der Waals surface area contributed by atoms with E-state index in [4.69, 9.17) is 0 Å². The van der Waals surface area contributed by atoms with Crippen LogP contribution in [-0.2, 0) is 0 Å². The zero-order valence-corrected chi connectivity index (χ0v) is 12.0. The van der Waals surface area contributed by atoms with Crippen molar-refractivity contribution in [3.8, 4) is 0 Å². The lowest BCUT2D eigenvalue weighted by atomic mass is 9.77. The highest BCUT2D eigenvalue weighted by Crippen LogP contribution is 2.31. The molecule has 2 unspecified atom stereocenters. The number of hydrogen-bond donors (Lipinski definition) is 1. The summed E-state index contributed by atoms with van der Waals surface area (Å²) in [7, 11) is 0. The topological polar surface area (TPSA) is 15.3 Å². The van der Waals surface area contributed by atoms with Gasteiger partial charge in [-0.1, -0.05) is 27.2 Å². The molecule has 0 aliphatic carbocycles. The highest BCUT2D eigenvalue weighted by atomic mass is 15.2. The van der Waals surface area contributed by atoms with E-state index in [9.17, 15) is 0 Å². The van der Waals surface area contributed by atoms with E-state index >= 15 is 0 Å². The summed E-state index contributed by atoms with van der Waals surface area (Å²) >= 11 is 0. The molecule has 2 fully saturated rings. The molecule has 0 aromatic carbocycles. The molecule has 2 heteroatoms. The summed E-state index contributed by atoms with van der Waals surface area (Å²) in [5, 5.41) is 3.75. The molecule has 2 aliphatic rings. The van der Waals surface area contributed by atoms with Gasteiger partial charge in [-0.25, -0.2) is 0 Å². The molecule has 2 saturated heterocycles. The van der Waals surface area contributed by atoms with Gasteiger partial charge in [-0.15, -0.1) is 0 Å². The Hall–Kier alpha value is -0.0800. The lowest BCUT2D eigenvalue weighted by Gasteiger charge is -2.43. The molecule has 0 aromatic heterocycles. The van der Waals surface area contributed by atoms with E-state index < -0.39 is 0 Å². The first-order valence-electron chi connectivity index (χ1n) is 7.57. The Labute approximate surface area is 107 Å². The molecular weight excluding hydrogens is 208 g/mol. The quantitative estimate of drug-likeness (QED) is 0.813. The number of likely N-dealkylation sites (tertiary alicyclic amines) is 1. The summed E-state index contributed by atoms with van der Waals surface area (Å²) < 4.78 is 0. The van der Waals surface area contributed by atoms with Crippen molar-refractivity contribution in [2.45, 2.75) is 58.9 Å². The fourth-order valence-electron chi connectivity index (χ4n) is 3.49. The maximum atomic E-state index is 3.75. The van der Waals surface area contributed by atoms with Gasteiger partial charge in [0, 0.05) is 19.1 Å². The van der Waals surface area contributed by atoms with E-state index in [0.717, 1.165) is 5.92 Å². The van der Waals surface area contributed by atoms with Crippen LogP contribution in [0.4, 0.5) is 0 Å². The zero-order chi connectivity index (χ0) is 12.3. The minimum atomic E-state index is 0.484. The van der Waals surface area contributed by atoms with Crippen molar-refractivity contribution in [3.05, 3.63) is 0 Å². The van der Waals surface area contributed by atoms with E-state index in [-0.39, 0.29) is 0 Å². The Bertz CT molecular complexity index is 237. The molecular formula is C15H30N2. The summed E-state index contributed by atoms with van der Waals surface area (Å²) in [5.41, 5.74) is 0.484. The third-order valence-electron chi connectivity index (χ3n) is 4.95. The molecule has 100 valence electrons. The van der Waals surface area contributed by atoms with Gasteiger partial charge in [0.1, 0.15) is 0 Å². The maximum absolute atomic E-state index is 3.75. The lowest BCUT2D eigenvalue weighted by molar-refractivity contribution is 0.0969. The van der Waals surface area contributed by atoms with Crippen molar-refractivity contribution in [1.29, 1.82) is 0 Å². The predicted molar refractivity (Wildman–Crippen MR) is 74.3 cm³/mol. The van der Waals surface area contributed by atoms with E-state index in [1.807, 2.05) is 0 Å². The van der Waals surface area contributed by atoms with E-state index in [1.54, 1.807) is 0 Å². The molecule has 2 rings (SSSR count). The Morgan fingerprint density at radius 3 is 2.82 bits per heavy atom. The van der Waals surface area contributed by atoms with Gasteiger partial charge >= 0.3 is 0 Å². The van der Waals surface area contributed by atoms with Crippen molar-refractivity contribution in [1.82, 2.24) is 10.2 Å². The Morgan fingerprint density at radius 1 is 1.29 bits per heavy atom. The standard InChI is InChI=1S/C15H30N2/c1-4-13-7-5-10-17(11-13)12-14-15(2,3)8-6-9-16-14/h13-14,16H,4-12H2,1-3H3. The van der Waals surface area contributed by atoms with Crippen LogP contribution < -0.4 is 5.32 Å². The van der Waals surface area contributed by atoms with Gasteiger partial charge in [0.25, 0.3) is 0 Å². The van der Waals surface area contributed by atoms with Gasteiger partial charge < -0.3 is 10.2 Å². The molecule has 17 heavy (non-hydrogen) atoms. The van der Waals surface area contributed by atoms with Gasteiger partial charge in [0.2, 0.25) is 0 Å². The number of hydrogen-bond acceptors (Lipinski definition) is 2. The van der Waals surface area contributed by atoms with Crippen molar-refractivity contribution >= 4 is 0 Å². The van der Waals surface area contributed by atoms with Crippen LogP contribution in [0.5, 0.6) is 0 Å². The molecule has 2 atom stereocenters. The summed E-state index contributed by atoms with van der Waals surface area (Å²) in [6.45, 7) is 12.4. The molecule has 2 aliphatic heterocycles. The average molecular weight is 238 g/mol. The van der Waals surface area contributed by atoms with Gasteiger partial charge in [0.05, 0.1) is 0 Å². The van der Waals surface area contributed by atoms with Crippen molar-refractivity contribution in [2.24, 2.45) is 11.3 Å². The number of nitrogens with zero attached hydrogens (tertiary/aromatic N) is 1. The number of rotatable bonds is 3. The second-order valence-corrected chi connectivity index (χ2v) is 6.77. The summed E-state index contributed by atoms with van der Waals surface area (Å²) in [4.78, 5) is 2.71. The van der Waals surface area contributed by atoms with Crippen LogP contribution in [0.15, 0.2) is 0 Å². The maximum Gasteiger partial charge on any atom is 0.0246 e. The van der Waals surface area contributed by atoms with Crippen LogP contribution >= 0.6 is 0 Å². The third kappa shape index (κ3) is 3.45. The van der Waals surface area contributed by atoms with Gasteiger partial charge in [-0.2, -0.15) is 0 Å². The van der Waals surface area contributed by atoms with Crippen LogP contribution in [0.2, 0.25) is 0 Å². The Balaban J connectivity index is 1.86. The monoisotopic (exact) mass is 238 g/mol. The molecule has 0 bridgehead atoms. The average Bonchev–Trinajstić information content (AvgIpc) is 2.32. The first kappa shape index (κ1) is 13.4. The summed E-state index contributed by atoms with van der Waals surface area (Å²) in [6.07, 6.45) is 6.95. The van der Waals surface area contributed by atoms with Crippen LogP contribution in [0, 0.1) is 11.3 Å². The molecule has 1 N–H and O–H groups in total. The van der Waals surface area contributed by atoms with Crippen LogP contribution in [-0.4, -0.2) is 37.1 Å². The number of piperidine rings is 2. The fourth-order valence-corrected chi connectivity index (χ4v) is 3.49. The lowest BCUT2D eigenvalue weighted by Crippen LogP contribution is -2.54. The molecule has 0 radical (unpaired) electrons. The van der Waals surface area contributed by atoms with Crippen molar-refractivity contribution in [2.75, 3.05) is 26.2 Å². The van der Waals surface area contributed by atoms with Crippen LogP contribution in [0.1, 0.15) is 52.9 Å². The zero-order valence-electron chi connectivity index (χ0n) is 12.0. The molecule has 0 amide bonds. The first-order valence-corrected chi connectivity index (χ1v) is 7.57. The first-order chi connectivity index (χ1) is 8.12. The van der Waals surface area contributed by atoms with E-state index in [2.05, 4.69) is 31.0 Å². The van der Waals surface area contributed by atoms with Crippen LogP contribution in [0.3, 0.4) is 0 Å². The Morgan fingerprint density at radius 2 is 2.12 bits per heavy atom. The normalized spacial score (nSPS) is 34.8. The molecule has 2 nitrogen and oxygen atoms in total. The minimum absolute atomic E-state index is 0.484. The minimum Gasteiger partial charge on any atom is -0.312 e. The van der Waals surface area contributed by atoms with Gasteiger partial charge in [-0.05, 0) is 50.1 Å². The third-order valence-corrected chi connectivity index (χ3v) is 4.95. The highest BCUT2D eigenvalue weighted by Gasteiger charge is 2.33. The molecule has 0 aromatic rings. The van der Waals surface area contributed by atoms with Crippen molar-refractivity contribution < 1.29 is 0 Å². The predicted octanol–water partition coefficient (Wildman–Crippen LogP) is 2.89. The summed E-state index contributed by atoms with van der Waals surface area (Å²) in [5.74, 6) is 0.954. The van der Waals surface area contributed by atoms with E-state index in [0.29, 0.717) is 11.5 Å². The highest BCUT2D eigenvalue weighted by molar-refractivity contribution is 4.91. The molecule has 2 heterocycles. The second kappa shape index (κ2) is 5.71. The van der Waals surface area contributed by atoms with Crippen LogP contribution in [0.25, 0.3) is 0 Å². The number of nitrogens with one attached hydrogen (secondary N) is 1. The van der Waals surface area contributed by atoms with Crippen molar-refractivity contribution in [3.63, 3.8) is 0 Å². The van der Waals surface area contributed by atoms with Gasteiger partial charge in [0.15, 0.2) is 0 Å². The largest absolute Gasteiger partial charge is 0.312 e. The smallest absolute Gasteiger partial charge is 0.0246 e. The summed E-state index contributed by atoms with van der Waals surface area (Å²) in [6, 6.07) is 0.701. The van der Waals surface area contributed by atoms with Gasteiger partial charge in [-0.3, -0.25) is 0 Å². The SMILES string of the molecule is CCC1CCCN(CC2NCCCC2(C)C)C1. The Kier molecular flexibility index (Phi) is 4.48.